The van der Waals surface area contributed by atoms with Gasteiger partial charge in [-0.3, -0.25) is 0 Å². The number of nitrogen functional groups attached to an aromatic ring is 1. The highest BCUT2D eigenvalue weighted by Crippen LogP contribution is 2.29. The summed E-state index contributed by atoms with van der Waals surface area (Å²) in [6.45, 7) is 1.99. The van der Waals surface area contributed by atoms with Crippen molar-refractivity contribution in [2.45, 2.75) is 13.5 Å². The summed E-state index contributed by atoms with van der Waals surface area (Å²) in [6.07, 6.45) is 0. The molecule has 19 heavy (non-hydrogen) atoms. The van der Waals surface area contributed by atoms with Gasteiger partial charge >= 0.3 is 0 Å². The number of aryl methyl sites for hydroxylation is 1. The predicted molar refractivity (Wildman–Crippen MR) is 74.0 cm³/mol. The van der Waals surface area contributed by atoms with Crippen LogP contribution in [0.3, 0.4) is 0 Å². The van der Waals surface area contributed by atoms with Gasteiger partial charge in [-0.1, -0.05) is 6.07 Å². The second-order valence-electron chi connectivity index (χ2n) is 4.16. The molecule has 5 heteroatoms. The second-order valence-corrected chi connectivity index (χ2v) is 5.02. The Morgan fingerprint density at radius 2 is 1.95 bits per heavy atom. The summed E-state index contributed by atoms with van der Waals surface area (Å²) < 4.78 is 32.1. The topological polar surface area (TPSA) is 35.2 Å². The molecule has 0 atom stereocenters. The van der Waals surface area contributed by atoms with Gasteiger partial charge in [0.2, 0.25) is 0 Å². The summed E-state index contributed by atoms with van der Waals surface area (Å²) in [5.41, 5.74) is 7.67. The van der Waals surface area contributed by atoms with E-state index < -0.39 is 5.82 Å². The maximum absolute atomic E-state index is 13.4. The van der Waals surface area contributed by atoms with Gasteiger partial charge in [-0.15, -0.1) is 0 Å². The maximum Gasteiger partial charge on any atom is 0.145 e. The molecular weight excluding hydrogens is 316 g/mol. The van der Waals surface area contributed by atoms with Gasteiger partial charge < -0.3 is 10.5 Å². The van der Waals surface area contributed by atoms with Crippen molar-refractivity contribution in [3.05, 3.63) is 57.6 Å². The van der Waals surface area contributed by atoms with Gasteiger partial charge in [0.25, 0.3) is 0 Å². The number of hydrogen-bond donors (Lipinski definition) is 1. The summed E-state index contributed by atoms with van der Waals surface area (Å²) in [6, 6.07) is 7.08. The minimum atomic E-state index is -0.444. The molecule has 2 aromatic carbocycles. The standard InChI is InChI=1S/C14H12BrF2NO/c1-8-4-10(16)3-2-9(8)7-19-14-6-12(17)11(15)5-13(14)18/h2-6H,7,18H2,1H3. The van der Waals surface area contributed by atoms with Crippen LogP contribution in [0.2, 0.25) is 0 Å². The SMILES string of the molecule is Cc1cc(F)ccc1COc1cc(F)c(Br)cc1N. The van der Waals surface area contributed by atoms with Gasteiger partial charge in [-0.05, 0) is 52.2 Å². The fourth-order valence-electron chi connectivity index (χ4n) is 1.65. The fraction of sp³-hybridized carbons (Fsp3) is 0.143. The summed E-state index contributed by atoms with van der Waals surface area (Å²) in [5, 5.41) is 0. The zero-order chi connectivity index (χ0) is 14.0. The lowest BCUT2D eigenvalue weighted by atomic mass is 10.1. The van der Waals surface area contributed by atoms with Crippen LogP contribution in [0.25, 0.3) is 0 Å². The third-order valence-electron chi connectivity index (χ3n) is 2.74. The van der Waals surface area contributed by atoms with Gasteiger partial charge in [-0.25, -0.2) is 8.78 Å². The summed E-state index contributed by atoms with van der Waals surface area (Å²) >= 11 is 3.04. The van der Waals surface area contributed by atoms with Gasteiger partial charge in [-0.2, -0.15) is 0 Å². The molecule has 2 aromatic rings. The van der Waals surface area contributed by atoms with E-state index in [9.17, 15) is 8.78 Å². The quantitative estimate of drug-likeness (QED) is 0.857. The molecule has 0 amide bonds. The zero-order valence-electron chi connectivity index (χ0n) is 10.2. The molecule has 2 rings (SSSR count). The Balaban J connectivity index is 2.16. The smallest absolute Gasteiger partial charge is 0.145 e. The minimum absolute atomic E-state index is 0.206. The number of anilines is 1. The highest BCUT2D eigenvalue weighted by molar-refractivity contribution is 9.10. The summed E-state index contributed by atoms with van der Waals surface area (Å²) in [5.74, 6) is -0.472. The highest BCUT2D eigenvalue weighted by atomic mass is 79.9. The summed E-state index contributed by atoms with van der Waals surface area (Å²) in [4.78, 5) is 0. The number of benzene rings is 2. The van der Waals surface area contributed by atoms with Crippen molar-refractivity contribution in [1.82, 2.24) is 0 Å². The van der Waals surface area contributed by atoms with Crippen LogP contribution in [0.1, 0.15) is 11.1 Å². The molecular formula is C14H12BrF2NO. The Labute approximate surface area is 118 Å². The van der Waals surface area contributed by atoms with Crippen molar-refractivity contribution >= 4 is 21.6 Å². The Morgan fingerprint density at radius 3 is 2.63 bits per heavy atom. The molecule has 0 fully saturated rings. The first-order valence-electron chi connectivity index (χ1n) is 5.59. The van der Waals surface area contributed by atoms with Crippen molar-refractivity contribution in [2.24, 2.45) is 0 Å². The van der Waals surface area contributed by atoms with Gasteiger partial charge in [0, 0.05) is 6.07 Å². The van der Waals surface area contributed by atoms with Gasteiger partial charge in [0.15, 0.2) is 0 Å². The molecule has 0 aromatic heterocycles. The Hall–Kier alpha value is -1.62. The zero-order valence-corrected chi connectivity index (χ0v) is 11.8. The Morgan fingerprint density at radius 1 is 1.21 bits per heavy atom. The van der Waals surface area contributed by atoms with Crippen LogP contribution in [-0.2, 0) is 6.61 Å². The Kier molecular flexibility index (Phi) is 4.04. The van der Waals surface area contributed by atoms with Crippen molar-refractivity contribution < 1.29 is 13.5 Å². The van der Waals surface area contributed by atoms with Crippen molar-refractivity contribution in [1.29, 1.82) is 0 Å². The lowest BCUT2D eigenvalue weighted by molar-refractivity contribution is 0.305. The van der Waals surface area contributed by atoms with E-state index in [1.54, 1.807) is 13.0 Å². The van der Waals surface area contributed by atoms with Crippen LogP contribution in [-0.4, -0.2) is 0 Å². The molecule has 0 aliphatic carbocycles. The van der Waals surface area contributed by atoms with Gasteiger partial charge in [0.1, 0.15) is 24.0 Å². The third kappa shape index (κ3) is 3.23. The van der Waals surface area contributed by atoms with Crippen LogP contribution in [0.5, 0.6) is 5.75 Å². The predicted octanol–water partition coefficient (Wildman–Crippen LogP) is 4.20. The van der Waals surface area contributed by atoms with Crippen LogP contribution in [0.15, 0.2) is 34.8 Å². The monoisotopic (exact) mass is 327 g/mol. The highest BCUT2D eigenvalue weighted by Gasteiger charge is 2.08. The van der Waals surface area contributed by atoms with E-state index in [1.807, 2.05) is 0 Å². The lowest BCUT2D eigenvalue weighted by Gasteiger charge is -2.11. The number of nitrogens with two attached hydrogens (primary N) is 1. The molecule has 0 saturated heterocycles. The molecule has 0 aliphatic heterocycles. The molecule has 0 aliphatic rings. The first-order valence-corrected chi connectivity index (χ1v) is 6.39. The van der Waals surface area contributed by atoms with E-state index in [0.717, 1.165) is 11.1 Å². The normalized spacial score (nSPS) is 10.5. The second kappa shape index (κ2) is 5.57. The Bertz CT molecular complexity index is 617. The molecule has 0 unspecified atom stereocenters. The molecule has 2 N–H and O–H groups in total. The van der Waals surface area contributed by atoms with E-state index in [2.05, 4.69) is 15.9 Å². The largest absolute Gasteiger partial charge is 0.487 e. The van der Waals surface area contributed by atoms with E-state index in [-0.39, 0.29) is 22.6 Å². The van der Waals surface area contributed by atoms with E-state index in [0.29, 0.717) is 5.69 Å². The van der Waals surface area contributed by atoms with Crippen LogP contribution in [0.4, 0.5) is 14.5 Å². The molecule has 0 heterocycles. The molecule has 0 radical (unpaired) electrons. The average Bonchev–Trinajstić information content (AvgIpc) is 2.34. The minimum Gasteiger partial charge on any atom is -0.487 e. The summed E-state index contributed by atoms with van der Waals surface area (Å²) in [7, 11) is 0. The van der Waals surface area contributed by atoms with E-state index >= 15 is 0 Å². The van der Waals surface area contributed by atoms with Gasteiger partial charge in [0.05, 0.1) is 10.2 Å². The molecule has 0 saturated carbocycles. The molecule has 2 nitrogen and oxygen atoms in total. The van der Waals surface area contributed by atoms with E-state index in [1.165, 1.54) is 24.3 Å². The lowest BCUT2D eigenvalue weighted by Crippen LogP contribution is -2.01. The molecule has 0 bridgehead atoms. The number of ether oxygens (including phenoxy) is 1. The number of hydrogen-bond acceptors (Lipinski definition) is 2. The van der Waals surface area contributed by atoms with Crippen molar-refractivity contribution in [3.8, 4) is 5.75 Å². The molecule has 0 spiro atoms. The van der Waals surface area contributed by atoms with Crippen LogP contribution < -0.4 is 10.5 Å². The number of rotatable bonds is 3. The average molecular weight is 328 g/mol. The number of halogens is 3. The van der Waals surface area contributed by atoms with Crippen molar-refractivity contribution in [3.63, 3.8) is 0 Å². The van der Waals surface area contributed by atoms with Crippen LogP contribution in [0, 0.1) is 18.6 Å². The maximum atomic E-state index is 13.4. The van der Waals surface area contributed by atoms with Crippen molar-refractivity contribution in [2.75, 3.05) is 5.73 Å². The third-order valence-corrected chi connectivity index (χ3v) is 3.35. The van der Waals surface area contributed by atoms with Crippen LogP contribution >= 0.6 is 15.9 Å². The van der Waals surface area contributed by atoms with E-state index in [4.69, 9.17) is 10.5 Å². The first-order chi connectivity index (χ1) is 8.97. The molecule has 100 valence electrons. The first kappa shape index (κ1) is 13.8. The fourth-order valence-corrected chi connectivity index (χ4v) is 2.01.